The second kappa shape index (κ2) is 6.61. The summed E-state index contributed by atoms with van der Waals surface area (Å²) in [6, 6.07) is 7.24. The van der Waals surface area contributed by atoms with Crippen molar-refractivity contribution in [3.8, 4) is 0 Å². The first-order valence-electron chi connectivity index (χ1n) is 6.06. The van der Waals surface area contributed by atoms with Crippen LogP contribution in [-0.2, 0) is 10.5 Å². The zero-order valence-electron chi connectivity index (χ0n) is 11.4. The fourth-order valence-electron chi connectivity index (χ4n) is 1.58. The van der Waals surface area contributed by atoms with E-state index in [1.54, 1.807) is 30.8 Å². The summed E-state index contributed by atoms with van der Waals surface area (Å²) in [6.07, 6.45) is 2.32. The van der Waals surface area contributed by atoms with E-state index in [-0.39, 0.29) is 5.91 Å². The highest BCUT2D eigenvalue weighted by molar-refractivity contribution is 7.97. The summed E-state index contributed by atoms with van der Waals surface area (Å²) < 4.78 is 0. The first-order chi connectivity index (χ1) is 8.92. The summed E-state index contributed by atoms with van der Waals surface area (Å²) in [5.41, 5.74) is 0.313. The zero-order valence-corrected chi connectivity index (χ0v) is 12.2. The van der Waals surface area contributed by atoms with Crippen LogP contribution in [-0.4, -0.2) is 28.8 Å². The number of hydrogen-bond acceptors (Lipinski definition) is 3. The minimum atomic E-state index is -1.23. The fraction of sp³-hybridized carbons (Fsp3) is 0.429. The number of carbonyl (C=O) groups is 2. The lowest BCUT2D eigenvalue weighted by Crippen LogP contribution is -2.51. The Morgan fingerprint density at radius 2 is 2.11 bits per heavy atom. The molecular formula is C14H19NO3S. The first-order valence-corrected chi connectivity index (χ1v) is 7.46. The van der Waals surface area contributed by atoms with Gasteiger partial charge in [-0.25, -0.2) is 4.79 Å². The monoisotopic (exact) mass is 281 g/mol. The van der Waals surface area contributed by atoms with Gasteiger partial charge >= 0.3 is 5.97 Å². The number of rotatable bonds is 6. The average Bonchev–Trinajstić information content (AvgIpc) is 2.39. The van der Waals surface area contributed by atoms with Crippen molar-refractivity contribution < 1.29 is 14.7 Å². The van der Waals surface area contributed by atoms with Crippen LogP contribution in [0.4, 0.5) is 0 Å². The molecule has 1 atom stereocenters. The Hall–Kier alpha value is -1.49. The molecule has 0 spiro atoms. The molecule has 104 valence electrons. The van der Waals surface area contributed by atoms with Crippen LogP contribution in [0.1, 0.15) is 36.2 Å². The molecule has 0 aliphatic rings. The van der Waals surface area contributed by atoms with Gasteiger partial charge in [0.1, 0.15) is 5.54 Å². The first kappa shape index (κ1) is 15.6. The topological polar surface area (TPSA) is 66.4 Å². The van der Waals surface area contributed by atoms with E-state index in [9.17, 15) is 9.59 Å². The van der Waals surface area contributed by atoms with E-state index < -0.39 is 11.5 Å². The maximum absolute atomic E-state index is 12.1. The van der Waals surface area contributed by atoms with Gasteiger partial charge in [0.25, 0.3) is 5.91 Å². The number of carboxylic acids is 1. The fourth-order valence-corrected chi connectivity index (χ4v) is 2.10. The molecule has 0 radical (unpaired) electrons. The van der Waals surface area contributed by atoms with Gasteiger partial charge < -0.3 is 10.4 Å². The lowest BCUT2D eigenvalue weighted by Gasteiger charge is -2.24. The van der Waals surface area contributed by atoms with Crippen molar-refractivity contribution in [1.29, 1.82) is 0 Å². The van der Waals surface area contributed by atoms with Gasteiger partial charge in [-0.3, -0.25) is 4.79 Å². The maximum atomic E-state index is 12.1. The van der Waals surface area contributed by atoms with E-state index in [4.69, 9.17) is 5.11 Å². The van der Waals surface area contributed by atoms with Gasteiger partial charge in [-0.05, 0) is 37.3 Å². The number of carboxylic acid groups (broad SMARTS) is 1. The summed E-state index contributed by atoms with van der Waals surface area (Å²) in [7, 11) is 0. The Morgan fingerprint density at radius 1 is 1.42 bits per heavy atom. The maximum Gasteiger partial charge on any atom is 0.329 e. The molecule has 0 heterocycles. The standard InChI is InChI=1S/C14H19NO3S/c1-4-14(2,13(17)18)15-12(16)11-7-5-6-10(8-11)9-19-3/h5-8H,4,9H2,1-3H3,(H,15,16)(H,17,18). The van der Waals surface area contributed by atoms with Crippen molar-refractivity contribution in [3.63, 3.8) is 0 Å². The van der Waals surface area contributed by atoms with E-state index in [2.05, 4.69) is 5.32 Å². The zero-order chi connectivity index (χ0) is 14.5. The molecule has 1 aromatic carbocycles. The van der Waals surface area contributed by atoms with Gasteiger partial charge in [0.15, 0.2) is 0 Å². The van der Waals surface area contributed by atoms with Crippen LogP contribution in [0.2, 0.25) is 0 Å². The van der Waals surface area contributed by atoms with Crippen molar-refractivity contribution in [1.82, 2.24) is 5.32 Å². The molecule has 1 amide bonds. The summed E-state index contributed by atoms with van der Waals surface area (Å²) >= 11 is 1.67. The summed E-state index contributed by atoms with van der Waals surface area (Å²) in [6.45, 7) is 3.25. The Kier molecular flexibility index (Phi) is 5.42. The molecule has 0 aliphatic carbocycles. The van der Waals surface area contributed by atoms with Crippen molar-refractivity contribution >= 4 is 23.6 Å². The van der Waals surface area contributed by atoms with Crippen LogP contribution >= 0.6 is 11.8 Å². The third-order valence-electron chi connectivity index (χ3n) is 3.07. The molecule has 1 aromatic rings. The quantitative estimate of drug-likeness (QED) is 0.841. The van der Waals surface area contributed by atoms with Crippen LogP contribution in [0, 0.1) is 0 Å². The highest BCUT2D eigenvalue weighted by Gasteiger charge is 2.32. The molecule has 0 aromatic heterocycles. The van der Waals surface area contributed by atoms with Crippen LogP contribution in [0.5, 0.6) is 0 Å². The molecule has 19 heavy (non-hydrogen) atoms. The minimum absolute atomic E-state index is 0.332. The normalized spacial score (nSPS) is 13.6. The van der Waals surface area contributed by atoms with Crippen molar-refractivity contribution in [2.45, 2.75) is 31.6 Å². The van der Waals surface area contributed by atoms with Crippen LogP contribution in [0.15, 0.2) is 24.3 Å². The van der Waals surface area contributed by atoms with Gasteiger partial charge in [0.2, 0.25) is 0 Å². The van der Waals surface area contributed by atoms with Crippen molar-refractivity contribution in [2.24, 2.45) is 0 Å². The molecule has 0 aliphatic heterocycles. The lowest BCUT2D eigenvalue weighted by molar-refractivity contribution is -0.143. The lowest BCUT2D eigenvalue weighted by atomic mass is 9.98. The van der Waals surface area contributed by atoms with Crippen molar-refractivity contribution in [3.05, 3.63) is 35.4 Å². The average molecular weight is 281 g/mol. The number of thioether (sulfide) groups is 1. The molecule has 0 saturated carbocycles. The minimum Gasteiger partial charge on any atom is -0.480 e. The highest BCUT2D eigenvalue weighted by Crippen LogP contribution is 2.14. The second-order valence-corrected chi connectivity index (χ2v) is 5.44. The van der Waals surface area contributed by atoms with Crippen LogP contribution in [0.25, 0.3) is 0 Å². The Morgan fingerprint density at radius 3 is 2.63 bits per heavy atom. The number of aliphatic carboxylic acids is 1. The van der Waals surface area contributed by atoms with E-state index in [0.717, 1.165) is 11.3 Å². The molecule has 4 nitrogen and oxygen atoms in total. The Labute approximate surface area is 117 Å². The summed E-state index contributed by atoms with van der Waals surface area (Å²) in [5.74, 6) is -0.552. The number of nitrogens with one attached hydrogen (secondary N) is 1. The molecule has 0 bridgehead atoms. The largest absolute Gasteiger partial charge is 0.480 e. The SMILES string of the molecule is CCC(C)(NC(=O)c1cccc(CSC)c1)C(=O)O. The number of hydrogen-bond donors (Lipinski definition) is 2. The number of carbonyl (C=O) groups excluding carboxylic acids is 1. The van der Waals surface area contributed by atoms with E-state index in [1.807, 2.05) is 18.4 Å². The third kappa shape index (κ3) is 3.99. The van der Waals surface area contributed by atoms with Gasteiger partial charge in [-0.15, -0.1) is 0 Å². The number of amides is 1. The Balaban J connectivity index is 2.89. The van der Waals surface area contributed by atoms with Gasteiger partial charge in [0.05, 0.1) is 0 Å². The molecule has 1 unspecified atom stereocenters. The van der Waals surface area contributed by atoms with E-state index in [1.165, 1.54) is 6.92 Å². The van der Waals surface area contributed by atoms with Crippen LogP contribution < -0.4 is 5.32 Å². The molecule has 5 heteroatoms. The predicted molar refractivity (Wildman–Crippen MR) is 77.5 cm³/mol. The van der Waals surface area contributed by atoms with Crippen molar-refractivity contribution in [2.75, 3.05) is 6.26 Å². The van der Waals surface area contributed by atoms with E-state index in [0.29, 0.717) is 12.0 Å². The van der Waals surface area contributed by atoms with Gasteiger partial charge in [-0.1, -0.05) is 19.1 Å². The number of benzene rings is 1. The second-order valence-electron chi connectivity index (χ2n) is 4.58. The molecule has 2 N–H and O–H groups in total. The summed E-state index contributed by atoms with van der Waals surface area (Å²) in [5, 5.41) is 11.7. The highest BCUT2D eigenvalue weighted by atomic mass is 32.2. The van der Waals surface area contributed by atoms with Gasteiger partial charge in [0, 0.05) is 11.3 Å². The predicted octanol–water partition coefficient (Wildman–Crippen LogP) is 2.53. The molecule has 0 fully saturated rings. The molecule has 0 saturated heterocycles. The Bertz CT molecular complexity index is 476. The summed E-state index contributed by atoms with van der Waals surface area (Å²) in [4.78, 5) is 23.3. The van der Waals surface area contributed by atoms with Crippen LogP contribution in [0.3, 0.4) is 0 Å². The third-order valence-corrected chi connectivity index (χ3v) is 3.69. The smallest absolute Gasteiger partial charge is 0.329 e. The van der Waals surface area contributed by atoms with E-state index >= 15 is 0 Å². The molecular weight excluding hydrogens is 262 g/mol. The van der Waals surface area contributed by atoms with Gasteiger partial charge in [-0.2, -0.15) is 11.8 Å². The molecule has 1 rings (SSSR count).